The molecule has 0 amide bonds. The average Bonchev–Trinajstić information content (AvgIpc) is 2.58. The summed E-state index contributed by atoms with van der Waals surface area (Å²) >= 11 is 0. The van der Waals surface area contributed by atoms with Crippen LogP contribution in [-0.2, 0) is 8.43 Å². The molecule has 0 saturated carbocycles. The molecule has 0 saturated heterocycles. The summed E-state index contributed by atoms with van der Waals surface area (Å²) in [6.45, 7) is 13.0. The van der Waals surface area contributed by atoms with Gasteiger partial charge in [-0.15, -0.1) is 0 Å². The van der Waals surface area contributed by atoms with Gasteiger partial charge in [-0.05, 0) is 69.1 Å². The summed E-state index contributed by atoms with van der Waals surface area (Å²) in [7, 11) is -4.92. The number of rotatable bonds is 9. The number of aromatic carboxylic acids is 1. The number of carbonyl (C=O) groups is 1. The van der Waals surface area contributed by atoms with Crippen LogP contribution in [0.4, 0.5) is 5.69 Å². The first-order chi connectivity index (χ1) is 12.9. The molecule has 8 heteroatoms. The molecule has 1 atom stereocenters. The van der Waals surface area contributed by atoms with Crippen LogP contribution in [-0.4, -0.2) is 27.7 Å². The van der Waals surface area contributed by atoms with Crippen molar-refractivity contribution in [3.05, 3.63) is 65.7 Å². The van der Waals surface area contributed by atoms with Crippen molar-refractivity contribution in [1.29, 1.82) is 0 Å². The number of carboxylic acid groups (broad SMARTS) is 1. The topological polar surface area (TPSA) is 67.8 Å². The van der Waals surface area contributed by atoms with E-state index >= 15 is 0 Å². The molecule has 0 spiro atoms. The van der Waals surface area contributed by atoms with Crippen molar-refractivity contribution in [3.8, 4) is 0 Å². The van der Waals surface area contributed by atoms with Crippen LogP contribution in [0, 0.1) is 0 Å². The molecule has 0 aliphatic heterocycles. The maximum absolute atomic E-state index is 11.1. The summed E-state index contributed by atoms with van der Waals surface area (Å²) in [5.74, 6) is -1.08. The standard InChI is InChI=1S/C20H30NO4PSi2/c1-27(2,3)24-26(25-28(4,5)6)19(16-10-8-7-9-11-16)21-18-14-12-17(13-15-18)20(22)23/h7-15,19,21H,1-6H3,(H,22,23). The Bertz CT molecular complexity index is 758. The quantitative estimate of drug-likeness (QED) is 0.347. The van der Waals surface area contributed by atoms with Gasteiger partial charge in [0, 0.05) is 5.69 Å². The van der Waals surface area contributed by atoms with Crippen molar-refractivity contribution >= 4 is 36.7 Å². The molecule has 2 aromatic rings. The highest BCUT2D eigenvalue weighted by Crippen LogP contribution is 2.56. The summed E-state index contributed by atoms with van der Waals surface area (Å²) in [5.41, 5.74) is 2.19. The van der Waals surface area contributed by atoms with Gasteiger partial charge < -0.3 is 18.8 Å². The van der Waals surface area contributed by atoms with Crippen LogP contribution < -0.4 is 5.32 Å². The number of hydrogen-bond acceptors (Lipinski definition) is 4. The van der Waals surface area contributed by atoms with Gasteiger partial charge in [0.1, 0.15) is 5.78 Å². The molecule has 0 fully saturated rings. The van der Waals surface area contributed by atoms with E-state index in [4.69, 9.17) is 13.5 Å². The number of hydrogen-bond donors (Lipinski definition) is 2. The molecule has 2 N–H and O–H groups in total. The van der Waals surface area contributed by atoms with Gasteiger partial charge in [0.2, 0.25) is 0 Å². The summed E-state index contributed by atoms with van der Waals surface area (Å²) in [5, 5.41) is 12.7. The smallest absolute Gasteiger partial charge is 0.335 e. The lowest BCUT2D eigenvalue weighted by Crippen LogP contribution is -2.31. The van der Waals surface area contributed by atoms with Crippen LogP contribution in [0.15, 0.2) is 54.6 Å². The van der Waals surface area contributed by atoms with Crippen LogP contribution in [0.1, 0.15) is 21.7 Å². The number of carboxylic acids is 1. The van der Waals surface area contributed by atoms with E-state index in [2.05, 4.69) is 56.7 Å². The lowest BCUT2D eigenvalue weighted by molar-refractivity contribution is 0.0697. The average molecular weight is 436 g/mol. The van der Waals surface area contributed by atoms with Crippen molar-refractivity contribution in [2.75, 3.05) is 5.32 Å². The van der Waals surface area contributed by atoms with Gasteiger partial charge in [-0.25, -0.2) is 4.79 Å². The van der Waals surface area contributed by atoms with E-state index < -0.39 is 31.0 Å². The van der Waals surface area contributed by atoms with Crippen LogP contribution >= 0.6 is 8.38 Å². The first-order valence-electron chi connectivity index (χ1n) is 9.27. The molecule has 0 bridgehead atoms. The predicted octanol–water partition coefficient (Wildman–Crippen LogP) is 6.51. The zero-order valence-electron chi connectivity index (χ0n) is 17.4. The minimum Gasteiger partial charge on any atom is -0.478 e. The SMILES string of the molecule is C[Si](C)(C)OP(O[Si](C)(C)C)C(Nc1ccc(C(=O)O)cc1)c1ccccc1. The van der Waals surface area contributed by atoms with Crippen LogP contribution in [0.5, 0.6) is 0 Å². The van der Waals surface area contributed by atoms with Gasteiger partial charge in [-0.3, -0.25) is 0 Å². The number of anilines is 1. The van der Waals surface area contributed by atoms with Crippen LogP contribution in [0.2, 0.25) is 39.3 Å². The van der Waals surface area contributed by atoms with Gasteiger partial charge in [-0.2, -0.15) is 0 Å². The summed E-state index contributed by atoms with van der Waals surface area (Å²) in [6.07, 6.45) is 0. The van der Waals surface area contributed by atoms with Crippen LogP contribution in [0.3, 0.4) is 0 Å². The van der Waals surface area contributed by atoms with Gasteiger partial charge in [-0.1, -0.05) is 30.3 Å². The van der Waals surface area contributed by atoms with Crippen molar-refractivity contribution in [2.45, 2.75) is 45.1 Å². The highest BCUT2D eigenvalue weighted by atomic mass is 31.2. The fourth-order valence-corrected chi connectivity index (χ4v) is 8.74. The summed E-state index contributed by atoms with van der Waals surface area (Å²) in [4.78, 5) is 11.1. The molecule has 5 nitrogen and oxygen atoms in total. The molecule has 2 rings (SSSR count). The third-order valence-electron chi connectivity index (χ3n) is 3.49. The second kappa shape index (κ2) is 9.33. The van der Waals surface area contributed by atoms with Gasteiger partial charge >= 0.3 is 5.97 Å². The molecule has 0 radical (unpaired) electrons. The van der Waals surface area contributed by atoms with E-state index in [0.29, 0.717) is 0 Å². The first kappa shape index (κ1) is 22.8. The summed E-state index contributed by atoms with van der Waals surface area (Å²) < 4.78 is 13.0. The molecule has 28 heavy (non-hydrogen) atoms. The monoisotopic (exact) mass is 435 g/mol. The molecule has 0 aliphatic carbocycles. The minimum absolute atomic E-state index is 0.148. The van der Waals surface area contributed by atoms with Crippen LogP contribution in [0.25, 0.3) is 0 Å². The third kappa shape index (κ3) is 7.49. The highest BCUT2D eigenvalue weighted by molar-refractivity contribution is 7.51. The Morgan fingerprint density at radius 3 is 1.82 bits per heavy atom. The van der Waals surface area contributed by atoms with Crippen molar-refractivity contribution in [3.63, 3.8) is 0 Å². The molecule has 2 aromatic carbocycles. The fraction of sp³-hybridized carbons (Fsp3) is 0.350. The maximum Gasteiger partial charge on any atom is 0.335 e. The number of benzene rings is 2. The summed E-state index contributed by atoms with van der Waals surface area (Å²) in [6, 6.07) is 16.9. The second-order valence-electron chi connectivity index (χ2n) is 8.53. The molecular weight excluding hydrogens is 405 g/mol. The molecular formula is C20H30NO4PSi2. The van der Waals surface area contributed by atoms with Gasteiger partial charge in [0.15, 0.2) is 25.0 Å². The number of nitrogens with one attached hydrogen (secondary N) is 1. The third-order valence-corrected chi connectivity index (χ3v) is 10.2. The zero-order valence-corrected chi connectivity index (χ0v) is 20.3. The van der Waals surface area contributed by atoms with Crippen molar-refractivity contribution in [2.24, 2.45) is 0 Å². The molecule has 0 aromatic heterocycles. The largest absolute Gasteiger partial charge is 0.478 e. The van der Waals surface area contributed by atoms with E-state index in [1.54, 1.807) is 24.3 Å². The van der Waals surface area contributed by atoms with E-state index in [1.165, 1.54) is 0 Å². The Hall–Kier alpha value is -1.51. The Morgan fingerprint density at radius 2 is 1.39 bits per heavy atom. The molecule has 152 valence electrons. The molecule has 0 aliphatic rings. The molecule has 1 unspecified atom stereocenters. The van der Waals surface area contributed by atoms with E-state index in [-0.39, 0.29) is 11.3 Å². The zero-order chi connectivity index (χ0) is 20.9. The first-order valence-corrected chi connectivity index (χ1v) is 17.3. The normalized spacial score (nSPS) is 13.4. The highest BCUT2D eigenvalue weighted by Gasteiger charge is 2.34. The van der Waals surface area contributed by atoms with Crippen molar-refractivity contribution in [1.82, 2.24) is 0 Å². The van der Waals surface area contributed by atoms with E-state index in [9.17, 15) is 4.79 Å². The van der Waals surface area contributed by atoms with Crippen molar-refractivity contribution < 1.29 is 18.3 Å². The van der Waals surface area contributed by atoms with Gasteiger partial charge in [0.05, 0.1) is 5.56 Å². The second-order valence-corrected chi connectivity index (χ2v) is 19.5. The Kier molecular flexibility index (Phi) is 7.59. The Balaban J connectivity index is 2.39. The van der Waals surface area contributed by atoms with E-state index in [1.807, 2.05) is 18.2 Å². The lowest BCUT2D eigenvalue weighted by Gasteiger charge is -2.36. The Labute approximate surface area is 171 Å². The predicted molar refractivity (Wildman–Crippen MR) is 122 cm³/mol. The van der Waals surface area contributed by atoms with Gasteiger partial charge in [0.25, 0.3) is 0 Å². The molecule has 0 heterocycles. The van der Waals surface area contributed by atoms with E-state index in [0.717, 1.165) is 11.3 Å². The fourth-order valence-electron chi connectivity index (χ4n) is 2.42. The maximum atomic E-state index is 11.1. The Morgan fingerprint density at radius 1 is 0.893 bits per heavy atom. The minimum atomic E-state index is -1.85. The lowest BCUT2D eigenvalue weighted by atomic mass is 10.2.